The molecule has 3 aliphatic carbocycles. The van der Waals surface area contributed by atoms with Crippen LogP contribution in [0.2, 0.25) is 0 Å². The summed E-state index contributed by atoms with van der Waals surface area (Å²) in [5.41, 5.74) is 0.221. The third kappa shape index (κ3) is 6.15. The van der Waals surface area contributed by atoms with Crippen molar-refractivity contribution in [2.24, 2.45) is 11.8 Å². The molecule has 46 heavy (non-hydrogen) atoms. The molecule has 0 aliphatic heterocycles. The van der Waals surface area contributed by atoms with Gasteiger partial charge in [-0.15, -0.1) is 13.2 Å². The number of aromatic nitrogens is 1. The van der Waals surface area contributed by atoms with Gasteiger partial charge in [0.25, 0.3) is 0 Å². The summed E-state index contributed by atoms with van der Waals surface area (Å²) < 4.78 is 203. The number of ether oxygens (including phenoxy) is 2. The van der Waals surface area contributed by atoms with Gasteiger partial charge in [-0.25, -0.2) is 0 Å². The molecule has 1 heterocycles. The number of fused-ring (bicyclic) bond motifs is 2. The van der Waals surface area contributed by atoms with Crippen molar-refractivity contribution in [1.82, 2.24) is 5.16 Å². The molecule has 2 bridgehead atoms. The highest BCUT2D eigenvalue weighted by atomic mass is 32.2. The molecule has 2 atom stereocenters. The summed E-state index contributed by atoms with van der Waals surface area (Å²) in [4.78, 5) is 0. The van der Waals surface area contributed by atoms with E-state index in [1.165, 1.54) is 18.2 Å². The minimum atomic E-state index is -7.41. The standard InChI is InChI=1S/C26H23F12NO6S/c27-22(28,24(31,32)33)23(29,30)25(34,35)46(40,41)45-20-13-7-8-14(20)10-15(9-13)42-11-17-19(39-44-21(17)12-5-6-12)16-3-1-2-4-18(16)43-26(36,37)38/h1-4,12-15,20H,5-11H2. The molecule has 0 saturated heterocycles. The number of alkyl halides is 12. The van der Waals surface area contributed by atoms with Crippen LogP contribution in [0.25, 0.3) is 11.3 Å². The number of para-hydroxylation sites is 1. The first-order valence-corrected chi connectivity index (χ1v) is 15.1. The van der Waals surface area contributed by atoms with Crippen LogP contribution in [0.4, 0.5) is 52.7 Å². The summed E-state index contributed by atoms with van der Waals surface area (Å²) in [5, 5.41) is -3.03. The summed E-state index contributed by atoms with van der Waals surface area (Å²) in [5.74, 6) is -17.1. The maximum Gasteiger partial charge on any atom is 0.573 e. The van der Waals surface area contributed by atoms with E-state index in [0.29, 0.717) is 24.2 Å². The van der Waals surface area contributed by atoms with Crippen molar-refractivity contribution < 1.29 is 79.3 Å². The average molecular weight is 706 g/mol. The monoisotopic (exact) mass is 705 g/mol. The summed E-state index contributed by atoms with van der Waals surface area (Å²) >= 11 is 0. The van der Waals surface area contributed by atoms with E-state index in [1.54, 1.807) is 0 Å². The lowest BCUT2D eigenvalue weighted by atomic mass is 9.84. The molecular formula is C26H23F12NO6S. The Morgan fingerprint density at radius 2 is 1.41 bits per heavy atom. The van der Waals surface area contributed by atoms with Crippen molar-refractivity contribution in [2.75, 3.05) is 0 Å². The van der Waals surface area contributed by atoms with Gasteiger partial charge in [-0.2, -0.15) is 47.9 Å². The van der Waals surface area contributed by atoms with E-state index in [2.05, 4.69) is 14.1 Å². The number of rotatable bonds is 11. The number of benzene rings is 1. The van der Waals surface area contributed by atoms with Crippen LogP contribution in [0.15, 0.2) is 28.8 Å². The first kappa shape index (κ1) is 34.6. The van der Waals surface area contributed by atoms with Crippen LogP contribution < -0.4 is 4.74 Å². The number of nitrogens with zero attached hydrogens (tertiary/aromatic N) is 1. The summed E-state index contributed by atoms with van der Waals surface area (Å²) in [6, 6.07) is 5.12. The molecule has 5 rings (SSSR count). The molecule has 1 aromatic carbocycles. The predicted octanol–water partition coefficient (Wildman–Crippen LogP) is 7.96. The van der Waals surface area contributed by atoms with Gasteiger partial charge in [0.2, 0.25) is 0 Å². The fourth-order valence-corrected chi connectivity index (χ4v) is 7.02. The number of hydrogen-bond donors (Lipinski definition) is 0. The fraction of sp³-hybridized carbons (Fsp3) is 0.654. The van der Waals surface area contributed by atoms with Crippen molar-refractivity contribution in [3.63, 3.8) is 0 Å². The molecule has 0 spiro atoms. The highest BCUT2D eigenvalue weighted by molar-refractivity contribution is 7.87. The topological polar surface area (TPSA) is 87.9 Å². The second-order valence-electron chi connectivity index (χ2n) is 11.4. The van der Waals surface area contributed by atoms with E-state index in [-0.39, 0.29) is 49.5 Å². The Morgan fingerprint density at radius 3 is 1.96 bits per heavy atom. The Labute approximate surface area is 252 Å². The minimum absolute atomic E-state index is 0.00773. The molecule has 3 fully saturated rings. The second-order valence-corrected chi connectivity index (χ2v) is 13.0. The van der Waals surface area contributed by atoms with Gasteiger partial charge in [0.15, 0.2) is 0 Å². The third-order valence-electron chi connectivity index (χ3n) is 8.23. The molecule has 7 nitrogen and oxygen atoms in total. The Kier molecular flexibility index (Phi) is 8.61. The lowest BCUT2D eigenvalue weighted by Gasteiger charge is -2.37. The molecule has 3 saturated carbocycles. The Hall–Kier alpha value is -2.74. The smallest absolute Gasteiger partial charge is 0.405 e. The fourth-order valence-electron chi connectivity index (χ4n) is 5.85. The third-order valence-corrected chi connectivity index (χ3v) is 9.59. The lowest BCUT2D eigenvalue weighted by Crippen LogP contribution is -2.63. The molecule has 0 radical (unpaired) electrons. The predicted molar refractivity (Wildman–Crippen MR) is 129 cm³/mol. The van der Waals surface area contributed by atoms with Crippen molar-refractivity contribution in [1.29, 1.82) is 0 Å². The van der Waals surface area contributed by atoms with Crippen LogP contribution in [0.3, 0.4) is 0 Å². The van der Waals surface area contributed by atoms with Crippen LogP contribution in [0, 0.1) is 11.8 Å². The van der Waals surface area contributed by atoms with Crippen LogP contribution in [0.1, 0.15) is 55.8 Å². The van der Waals surface area contributed by atoms with Crippen LogP contribution in [-0.4, -0.2) is 55.4 Å². The quantitative estimate of drug-likeness (QED) is 0.173. The minimum Gasteiger partial charge on any atom is -0.405 e. The van der Waals surface area contributed by atoms with Crippen LogP contribution >= 0.6 is 0 Å². The zero-order chi connectivity index (χ0) is 34.1. The maximum atomic E-state index is 14.2. The van der Waals surface area contributed by atoms with Gasteiger partial charge in [0.1, 0.15) is 17.2 Å². The maximum absolute atomic E-state index is 14.2. The van der Waals surface area contributed by atoms with Crippen LogP contribution in [0.5, 0.6) is 5.75 Å². The summed E-state index contributed by atoms with van der Waals surface area (Å²) in [6.07, 6.45) is -13.4. The van der Waals surface area contributed by atoms with Crippen molar-refractivity contribution in [3.05, 3.63) is 35.6 Å². The molecular weight excluding hydrogens is 682 g/mol. The Morgan fingerprint density at radius 1 is 0.826 bits per heavy atom. The zero-order valence-electron chi connectivity index (χ0n) is 23.0. The Balaban J connectivity index is 1.31. The van der Waals surface area contributed by atoms with E-state index in [4.69, 9.17) is 9.26 Å². The van der Waals surface area contributed by atoms with Crippen molar-refractivity contribution in [3.8, 4) is 17.0 Å². The number of hydrogen-bond acceptors (Lipinski definition) is 7. The normalized spacial score (nSPS) is 24.8. The highest BCUT2D eigenvalue weighted by Gasteiger charge is 2.86. The lowest BCUT2D eigenvalue weighted by molar-refractivity contribution is -0.383. The van der Waals surface area contributed by atoms with Crippen molar-refractivity contribution >= 4 is 10.1 Å². The average Bonchev–Trinajstić information content (AvgIpc) is 3.65. The summed E-state index contributed by atoms with van der Waals surface area (Å²) in [6.45, 7) is -0.282. The molecule has 1 aromatic heterocycles. The largest absolute Gasteiger partial charge is 0.573 e. The summed E-state index contributed by atoms with van der Waals surface area (Å²) in [7, 11) is -7.03. The van der Waals surface area contributed by atoms with E-state index in [9.17, 15) is 61.1 Å². The molecule has 2 aromatic rings. The van der Waals surface area contributed by atoms with Gasteiger partial charge >= 0.3 is 39.8 Å². The molecule has 3 aliphatic rings. The van der Waals surface area contributed by atoms with Gasteiger partial charge in [0, 0.05) is 17.0 Å². The van der Waals surface area contributed by atoms with E-state index < -0.39 is 69.5 Å². The zero-order valence-corrected chi connectivity index (χ0v) is 23.8. The van der Waals surface area contributed by atoms with Crippen molar-refractivity contribution in [2.45, 2.75) is 92.9 Å². The molecule has 20 heteroatoms. The van der Waals surface area contributed by atoms with Crippen LogP contribution in [-0.2, 0) is 25.6 Å². The number of halogens is 12. The van der Waals surface area contributed by atoms with Gasteiger partial charge in [0.05, 0.1) is 18.8 Å². The first-order chi connectivity index (χ1) is 21.1. The molecule has 0 amide bonds. The van der Waals surface area contributed by atoms with Gasteiger partial charge in [-0.3, -0.25) is 4.18 Å². The SMILES string of the molecule is O=S(=O)(OC1C2CCC1CC(OCc1c(-c3ccccc3OC(F)(F)F)noc1C1CC1)C2)C(F)(F)C(F)(F)C(F)(F)C(F)(F)F. The second kappa shape index (κ2) is 11.5. The van der Waals surface area contributed by atoms with E-state index >= 15 is 0 Å². The van der Waals surface area contributed by atoms with Gasteiger partial charge < -0.3 is 14.0 Å². The molecule has 258 valence electrons. The first-order valence-electron chi connectivity index (χ1n) is 13.7. The van der Waals surface area contributed by atoms with E-state index in [1.807, 2.05) is 0 Å². The van der Waals surface area contributed by atoms with Gasteiger partial charge in [-0.05, 0) is 62.5 Å². The molecule has 2 unspecified atom stereocenters. The Bertz CT molecular complexity index is 1520. The highest BCUT2D eigenvalue weighted by Crippen LogP contribution is 2.56. The van der Waals surface area contributed by atoms with Gasteiger partial charge in [-0.1, -0.05) is 17.3 Å². The molecule has 0 N–H and O–H groups in total. The van der Waals surface area contributed by atoms with E-state index in [0.717, 1.165) is 6.07 Å².